The number of benzene rings is 2. The lowest BCUT2D eigenvalue weighted by atomic mass is 10.2. The van der Waals surface area contributed by atoms with Crippen molar-refractivity contribution in [3.05, 3.63) is 71.3 Å². The number of primary amides is 1. The van der Waals surface area contributed by atoms with Gasteiger partial charge in [0.25, 0.3) is 5.24 Å². The molecule has 0 saturated carbocycles. The molecule has 20 heavy (non-hydrogen) atoms. The highest BCUT2D eigenvalue weighted by Crippen LogP contribution is 2.05. The fraction of sp³-hybridized carbons (Fsp3) is 0. The monoisotopic (exact) mass is 286 g/mol. The Balaban J connectivity index is 0.000000204. The molecule has 0 atom stereocenters. The molecule has 100 valence electrons. The Bertz CT molecular complexity index is 631. The van der Waals surface area contributed by atoms with Crippen LogP contribution in [0.4, 0.5) is 0 Å². The van der Waals surface area contributed by atoms with Gasteiger partial charge < -0.3 is 5.73 Å². The van der Waals surface area contributed by atoms with Crippen LogP contribution in [0.25, 0.3) is 0 Å². The zero-order chi connectivity index (χ0) is 15.0. The molecule has 0 heterocycles. The highest BCUT2D eigenvalue weighted by atomic mass is 35.5. The van der Waals surface area contributed by atoms with E-state index in [0.717, 1.165) is 0 Å². The van der Waals surface area contributed by atoms with Gasteiger partial charge in [-0.2, -0.15) is 5.26 Å². The maximum atomic E-state index is 10.5. The average Bonchev–Trinajstić information content (AvgIpc) is 2.49. The van der Waals surface area contributed by atoms with Crippen LogP contribution in [0, 0.1) is 11.3 Å². The topological polar surface area (TPSA) is 83.9 Å². The summed E-state index contributed by atoms with van der Waals surface area (Å²) in [5.41, 5.74) is 6.46. The summed E-state index contributed by atoms with van der Waals surface area (Å²) in [4.78, 5) is 21.0. The second kappa shape index (κ2) is 7.72. The van der Waals surface area contributed by atoms with Gasteiger partial charge in [-0.25, -0.2) is 0 Å². The lowest BCUT2D eigenvalue weighted by Crippen LogP contribution is -2.09. The van der Waals surface area contributed by atoms with E-state index in [2.05, 4.69) is 0 Å². The number of nitrogens with two attached hydrogens (primary N) is 1. The Hall–Kier alpha value is -2.64. The number of rotatable bonds is 2. The van der Waals surface area contributed by atoms with Crippen LogP contribution < -0.4 is 5.73 Å². The summed E-state index contributed by atoms with van der Waals surface area (Å²) in [7, 11) is 0. The smallest absolute Gasteiger partial charge is 0.252 e. The van der Waals surface area contributed by atoms with Crippen LogP contribution in [0.3, 0.4) is 0 Å². The lowest BCUT2D eigenvalue weighted by Gasteiger charge is -1.91. The van der Waals surface area contributed by atoms with Gasteiger partial charge in [-0.1, -0.05) is 18.2 Å². The molecule has 1 amide bonds. The van der Waals surface area contributed by atoms with Crippen LogP contribution in [0.1, 0.15) is 26.3 Å². The van der Waals surface area contributed by atoms with Gasteiger partial charge in [0.2, 0.25) is 5.91 Å². The van der Waals surface area contributed by atoms with Crippen molar-refractivity contribution in [1.82, 2.24) is 0 Å². The molecule has 0 saturated heterocycles. The van der Waals surface area contributed by atoms with Crippen molar-refractivity contribution in [1.29, 1.82) is 5.26 Å². The van der Waals surface area contributed by atoms with E-state index >= 15 is 0 Å². The molecular formula is C15H11ClN2O2. The molecule has 4 nitrogen and oxygen atoms in total. The molecule has 0 aromatic heterocycles. The van der Waals surface area contributed by atoms with Crippen molar-refractivity contribution in [2.45, 2.75) is 0 Å². The fourth-order valence-electron chi connectivity index (χ4n) is 1.28. The molecule has 0 fully saturated rings. The summed E-state index contributed by atoms with van der Waals surface area (Å²) >= 11 is 5.18. The Morgan fingerprint density at radius 1 is 0.950 bits per heavy atom. The molecule has 2 rings (SSSR count). The van der Waals surface area contributed by atoms with Crippen molar-refractivity contribution < 1.29 is 9.59 Å². The Labute approximate surface area is 121 Å². The second-order valence-corrected chi connectivity index (χ2v) is 4.04. The first-order chi connectivity index (χ1) is 9.54. The molecule has 5 heteroatoms. The maximum Gasteiger partial charge on any atom is 0.252 e. The zero-order valence-electron chi connectivity index (χ0n) is 10.4. The van der Waals surface area contributed by atoms with Gasteiger partial charge in [-0.05, 0) is 48.0 Å². The molecule has 0 bridgehead atoms. The number of hydrogen-bond acceptors (Lipinski definition) is 3. The summed E-state index contributed by atoms with van der Waals surface area (Å²) in [6, 6.07) is 16.8. The van der Waals surface area contributed by atoms with E-state index in [-0.39, 0.29) is 5.91 Å². The predicted octanol–water partition coefficient (Wildman–Crippen LogP) is 2.72. The van der Waals surface area contributed by atoms with Crippen molar-refractivity contribution in [2.75, 3.05) is 0 Å². The van der Waals surface area contributed by atoms with E-state index in [1.807, 2.05) is 12.1 Å². The Morgan fingerprint density at radius 2 is 1.50 bits per heavy atom. The summed E-state index contributed by atoms with van der Waals surface area (Å²) in [6.45, 7) is 0. The van der Waals surface area contributed by atoms with Crippen molar-refractivity contribution in [3.8, 4) is 6.07 Å². The number of amides is 1. The SMILES string of the molecule is N#Cc1ccc(C(=O)Cl)cc1.NC(=O)c1ccccc1. The molecule has 0 radical (unpaired) electrons. The van der Waals surface area contributed by atoms with Gasteiger partial charge in [0, 0.05) is 11.1 Å². The maximum absolute atomic E-state index is 10.5. The van der Waals surface area contributed by atoms with Crippen LogP contribution in [0.15, 0.2) is 54.6 Å². The summed E-state index contributed by atoms with van der Waals surface area (Å²) < 4.78 is 0. The lowest BCUT2D eigenvalue weighted by molar-refractivity contribution is 0.0999. The first-order valence-electron chi connectivity index (χ1n) is 5.59. The van der Waals surface area contributed by atoms with Crippen LogP contribution in [-0.4, -0.2) is 11.1 Å². The van der Waals surface area contributed by atoms with E-state index < -0.39 is 5.24 Å². The van der Waals surface area contributed by atoms with Gasteiger partial charge in [-0.15, -0.1) is 0 Å². The van der Waals surface area contributed by atoms with E-state index in [1.54, 1.807) is 36.4 Å². The first-order valence-corrected chi connectivity index (χ1v) is 5.97. The highest BCUT2D eigenvalue weighted by molar-refractivity contribution is 6.67. The number of nitrogens with zero attached hydrogens (tertiary/aromatic N) is 1. The quantitative estimate of drug-likeness (QED) is 0.862. The third-order valence-corrected chi connectivity index (χ3v) is 2.52. The van der Waals surface area contributed by atoms with Crippen molar-refractivity contribution >= 4 is 22.8 Å². The Kier molecular flexibility index (Phi) is 5.95. The van der Waals surface area contributed by atoms with Gasteiger partial charge in [0.15, 0.2) is 0 Å². The minimum atomic E-state index is -0.505. The molecule has 0 spiro atoms. The van der Waals surface area contributed by atoms with Gasteiger partial charge in [0.1, 0.15) is 0 Å². The van der Waals surface area contributed by atoms with Crippen LogP contribution in [-0.2, 0) is 0 Å². The van der Waals surface area contributed by atoms with E-state index in [4.69, 9.17) is 22.6 Å². The van der Waals surface area contributed by atoms with Crippen molar-refractivity contribution in [3.63, 3.8) is 0 Å². The highest BCUT2D eigenvalue weighted by Gasteiger charge is 1.99. The molecular weight excluding hydrogens is 276 g/mol. The van der Waals surface area contributed by atoms with E-state index in [9.17, 15) is 9.59 Å². The van der Waals surface area contributed by atoms with Gasteiger partial charge in [0.05, 0.1) is 11.6 Å². The molecule has 2 N–H and O–H groups in total. The third-order valence-electron chi connectivity index (χ3n) is 2.30. The predicted molar refractivity (Wildman–Crippen MR) is 76.3 cm³/mol. The van der Waals surface area contributed by atoms with Crippen molar-refractivity contribution in [2.24, 2.45) is 5.73 Å². The van der Waals surface area contributed by atoms with Crippen LogP contribution in [0.2, 0.25) is 0 Å². The molecule has 0 aliphatic rings. The molecule has 0 aliphatic heterocycles. The van der Waals surface area contributed by atoms with Crippen LogP contribution >= 0.6 is 11.6 Å². The molecule has 2 aromatic rings. The van der Waals surface area contributed by atoms with E-state index in [0.29, 0.717) is 16.7 Å². The largest absolute Gasteiger partial charge is 0.366 e. The van der Waals surface area contributed by atoms with Crippen LogP contribution in [0.5, 0.6) is 0 Å². The number of carbonyl (C=O) groups is 2. The minimum Gasteiger partial charge on any atom is -0.366 e. The normalized spacial score (nSPS) is 8.80. The van der Waals surface area contributed by atoms with E-state index in [1.165, 1.54) is 12.1 Å². The number of carbonyl (C=O) groups excluding carboxylic acids is 2. The standard InChI is InChI=1S/C8H4ClNO.C7H7NO/c9-8(11)7-3-1-6(5-10)2-4-7;8-7(9)6-4-2-1-3-5-6/h1-4H;1-5H,(H2,8,9). The summed E-state index contributed by atoms with van der Waals surface area (Å²) in [5, 5.41) is 7.89. The van der Waals surface area contributed by atoms with Gasteiger partial charge >= 0.3 is 0 Å². The number of hydrogen-bond donors (Lipinski definition) is 1. The number of halogens is 1. The summed E-state index contributed by atoms with van der Waals surface area (Å²) in [5.74, 6) is -0.379. The average molecular weight is 287 g/mol. The first kappa shape index (κ1) is 15.4. The van der Waals surface area contributed by atoms with Gasteiger partial charge in [-0.3, -0.25) is 9.59 Å². The molecule has 0 unspecified atom stereocenters. The molecule has 0 aliphatic carbocycles. The second-order valence-electron chi connectivity index (χ2n) is 3.69. The minimum absolute atomic E-state index is 0.379. The Morgan fingerprint density at radius 3 is 1.85 bits per heavy atom. The zero-order valence-corrected chi connectivity index (χ0v) is 11.2. The fourth-order valence-corrected chi connectivity index (χ4v) is 1.40. The summed E-state index contributed by atoms with van der Waals surface area (Å²) in [6.07, 6.45) is 0. The molecule has 2 aromatic carbocycles. The third kappa shape index (κ3) is 4.92. The number of nitriles is 1.